The van der Waals surface area contributed by atoms with E-state index >= 15 is 0 Å². The number of methoxy groups -OCH3 is 1. The molecule has 1 aromatic rings. The summed E-state index contributed by atoms with van der Waals surface area (Å²) >= 11 is 1.46. The lowest BCUT2D eigenvalue weighted by Crippen LogP contribution is -1.83. The fourth-order valence-corrected chi connectivity index (χ4v) is 1.34. The normalized spacial score (nSPS) is 10.5. The lowest BCUT2D eigenvalue weighted by atomic mass is 10.4. The Hall–Kier alpha value is -1.03. The van der Waals surface area contributed by atoms with Crippen LogP contribution in [0.2, 0.25) is 0 Å². The molecule has 0 aliphatic rings. The Morgan fingerprint density at radius 2 is 2.60 bits per heavy atom. The summed E-state index contributed by atoms with van der Waals surface area (Å²) in [5.41, 5.74) is 0. The van der Waals surface area contributed by atoms with Gasteiger partial charge in [0.25, 0.3) is 0 Å². The van der Waals surface area contributed by atoms with Crippen molar-refractivity contribution in [1.29, 1.82) is 0 Å². The van der Waals surface area contributed by atoms with Gasteiger partial charge in [0.1, 0.15) is 5.75 Å². The van der Waals surface area contributed by atoms with Crippen molar-refractivity contribution in [3.05, 3.63) is 16.3 Å². The van der Waals surface area contributed by atoms with Gasteiger partial charge in [0, 0.05) is 0 Å². The van der Waals surface area contributed by atoms with Gasteiger partial charge in [-0.05, 0) is 11.4 Å². The summed E-state index contributed by atoms with van der Waals surface area (Å²) < 4.78 is 4.95. The average molecular weight is 157 g/mol. The van der Waals surface area contributed by atoms with Crippen molar-refractivity contribution in [3.8, 4) is 5.75 Å². The summed E-state index contributed by atoms with van der Waals surface area (Å²) in [5, 5.41) is 12.9. The second-order valence-corrected chi connectivity index (χ2v) is 2.55. The maximum atomic E-state index is 8.18. The molecule has 4 heteroatoms. The number of ether oxygens (including phenoxy) is 1. The molecule has 0 saturated carbocycles. The molecule has 0 aliphatic carbocycles. The molecule has 0 atom stereocenters. The van der Waals surface area contributed by atoms with Gasteiger partial charge >= 0.3 is 0 Å². The van der Waals surface area contributed by atoms with Gasteiger partial charge in [-0.15, -0.1) is 11.3 Å². The van der Waals surface area contributed by atoms with Crippen molar-refractivity contribution in [2.75, 3.05) is 7.11 Å². The highest BCUT2D eigenvalue weighted by atomic mass is 32.1. The van der Waals surface area contributed by atoms with Crippen molar-refractivity contribution in [1.82, 2.24) is 0 Å². The van der Waals surface area contributed by atoms with E-state index < -0.39 is 0 Å². The van der Waals surface area contributed by atoms with Crippen LogP contribution in [-0.4, -0.2) is 18.5 Å². The first-order valence-electron chi connectivity index (χ1n) is 2.67. The number of oxime groups is 1. The van der Waals surface area contributed by atoms with Gasteiger partial charge in [-0.25, -0.2) is 0 Å². The molecule has 0 saturated heterocycles. The Kier molecular flexibility index (Phi) is 2.28. The van der Waals surface area contributed by atoms with Crippen LogP contribution in [-0.2, 0) is 0 Å². The predicted molar refractivity (Wildman–Crippen MR) is 40.3 cm³/mol. The van der Waals surface area contributed by atoms with E-state index in [0.717, 1.165) is 10.6 Å². The summed E-state index contributed by atoms with van der Waals surface area (Å²) in [4.78, 5) is 0.824. The van der Waals surface area contributed by atoms with Crippen molar-refractivity contribution in [2.45, 2.75) is 0 Å². The second kappa shape index (κ2) is 3.22. The summed E-state index contributed by atoms with van der Waals surface area (Å²) in [6.07, 6.45) is 1.35. The standard InChI is InChI=1S/C6H7NO2S/c1-9-5-2-3-10-6(5)4-7-8/h2-4,8H,1H3. The Bertz CT molecular complexity index is 231. The molecule has 3 nitrogen and oxygen atoms in total. The number of nitrogens with zero attached hydrogens (tertiary/aromatic N) is 1. The molecule has 0 fully saturated rings. The van der Waals surface area contributed by atoms with Crippen LogP contribution in [0, 0.1) is 0 Å². The predicted octanol–water partition coefficient (Wildman–Crippen LogP) is 1.56. The molecule has 1 aromatic heterocycles. The second-order valence-electron chi connectivity index (χ2n) is 1.60. The third kappa shape index (κ3) is 1.27. The van der Waals surface area contributed by atoms with E-state index in [9.17, 15) is 0 Å². The molecule has 0 aliphatic heterocycles. The van der Waals surface area contributed by atoms with E-state index in [4.69, 9.17) is 9.94 Å². The lowest BCUT2D eigenvalue weighted by Gasteiger charge is -1.93. The molecule has 10 heavy (non-hydrogen) atoms. The van der Waals surface area contributed by atoms with Gasteiger partial charge in [-0.2, -0.15) is 0 Å². The van der Waals surface area contributed by atoms with Crippen molar-refractivity contribution < 1.29 is 9.94 Å². The summed E-state index contributed by atoms with van der Waals surface area (Å²) in [5.74, 6) is 0.739. The third-order valence-corrected chi connectivity index (χ3v) is 1.88. The minimum Gasteiger partial charge on any atom is -0.495 e. The molecule has 0 amide bonds. The van der Waals surface area contributed by atoms with Crippen molar-refractivity contribution in [3.63, 3.8) is 0 Å². The summed E-state index contributed by atoms with van der Waals surface area (Å²) in [7, 11) is 1.58. The van der Waals surface area contributed by atoms with E-state index in [1.807, 2.05) is 11.4 Å². The Morgan fingerprint density at radius 3 is 3.20 bits per heavy atom. The highest BCUT2D eigenvalue weighted by molar-refractivity contribution is 7.12. The fraction of sp³-hybridized carbons (Fsp3) is 0.167. The molecule has 54 valence electrons. The Balaban J connectivity index is 2.90. The third-order valence-electron chi connectivity index (χ3n) is 1.05. The van der Waals surface area contributed by atoms with Crippen LogP contribution in [0.1, 0.15) is 4.88 Å². The minimum atomic E-state index is 0.739. The fourth-order valence-electron chi connectivity index (χ4n) is 0.624. The minimum absolute atomic E-state index is 0.739. The molecule has 0 radical (unpaired) electrons. The first-order chi connectivity index (χ1) is 4.88. The SMILES string of the molecule is COc1ccsc1C=NO. The Labute approximate surface area is 62.6 Å². The summed E-state index contributed by atoms with van der Waals surface area (Å²) in [6, 6.07) is 1.82. The van der Waals surface area contributed by atoms with Crippen LogP contribution >= 0.6 is 11.3 Å². The monoisotopic (exact) mass is 157 g/mol. The highest BCUT2D eigenvalue weighted by Gasteiger charge is 1.99. The molecular weight excluding hydrogens is 150 g/mol. The van der Waals surface area contributed by atoms with Crippen LogP contribution in [0.4, 0.5) is 0 Å². The van der Waals surface area contributed by atoms with Crippen LogP contribution in [0.25, 0.3) is 0 Å². The van der Waals surface area contributed by atoms with Crippen molar-refractivity contribution >= 4 is 17.6 Å². The molecule has 0 bridgehead atoms. The smallest absolute Gasteiger partial charge is 0.138 e. The van der Waals surface area contributed by atoms with Crippen molar-refractivity contribution in [2.24, 2.45) is 5.16 Å². The molecule has 0 unspecified atom stereocenters. The number of hydrogen-bond donors (Lipinski definition) is 1. The number of thiophene rings is 1. The van der Waals surface area contributed by atoms with E-state index in [-0.39, 0.29) is 0 Å². The van der Waals surface area contributed by atoms with Gasteiger partial charge in [0.2, 0.25) is 0 Å². The van der Waals surface area contributed by atoms with E-state index in [1.165, 1.54) is 17.6 Å². The highest BCUT2D eigenvalue weighted by Crippen LogP contribution is 2.21. The largest absolute Gasteiger partial charge is 0.495 e. The van der Waals surface area contributed by atoms with Gasteiger partial charge in [-0.3, -0.25) is 0 Å². The lowest BCUT2D eigenvalue weighted by molar-refractivity contribution is 0.321. The topological polar surface area (TPSA) is 41.8 Å². The van der Waals surface area contributed by atoms with E-state index in [2.05, 4.69) is 5.16 Å². The van der Waals surface area contributed by atoms with Gasteiger partial charge < -0.3 is 9.94 Å². The maximum Gasteiger partial charge on any atom is 0.138 e. The zero-order valence-electron chi connectivity index (χ0n) is 5.44. The first kappa shape index (κ1) is 7.08. The zero-order chi connectivity index (χ0) is 7.40. The number of hydrogen-bond acceptors (Lipinski definition) is 4. The Morgan fingerprint density at radius 1 is 1.80 bits per heavy atom. The molecule has 1 N–H and O–H groups in total. The van der Waals surface area contributed by atoms with E-state index in [1.54, 1.807) is 7.11 Å². The molecule has 0 spiro atoms. The van der Waals surface area contributed by atoms with E-state index in [0.29, 0.717) is 0 Å². The molecule has 1 heterocycles. The first-order valence-corrected chi connectivity index (χ1v) is 3.55. The van der Waals surface area contributed by atoms with Crippen LogP contribution in [0.15, 0.2) is 16.6 Å². The van der Waals surface area contributed by atoms with Crippen LogP contribution in [0.5, 0.6) is 5.75 Å². The average Bonchev–Trinajstić information content (AvgIpc) is 2.36. The molecule has 0 aromatic carbocycles. The number of rotatable bonds is 2. The van der Waals surface area contributed by atoms with Crippen LogP contribution < -0.4 is 4.74 Å². The zero-order valence-corrected chi connectivity index (χ0v) is 6.26. The van der Waals surface area contributed by atoms with Gasteiger partial charge in [-0.1, -0.05) is 5.16 Å². The summed E-state index contributed by atoms with van der Waals surface area (Å²) in [6.45, 7) is 0. The van der Waals surface area contributed by atoms with Crippen LogP contribution in [0.3, 0.4) is 0 Å². The van der Waals surface area contributed by atoms with Gasteiger partial charge in [0.05, 0.1) is 18.2 Å². The quantitative estimate of drug-likeness (QED) is 0.402. The van der Waals surface area contributed by atoms with Gasteiger partial charge in [0.15, 0.2) is 0 Å². The maximum absolute atomic E-state index is 8.18. The molecular formula is C6H7NO2S. The molecule has 1 rings (SSSR count).